The minimum Gasteiger partial charge on any atom is -0.389 e. The van der Waals surface area contributed by atoms with E-state index < -0.39 is 5.60 Å². The van der Waals surface area contributed by atoms with Crippen LogP contribution in [0.5, 0.6) is 0 Å². The summed E-state index contributed by atoms with van der Waals surface area (Å²) < 4.78 is 4.92. The van der Waals surface area contributed by atoms with Crippen LogP contribution >= 0.6 is 0 Å². The Balaban J connectivity index is 4.17. The molecule has 3 heteroatoms. The topological polar surface area (TPSA) is 55.5 Å². The van der Waals surface area contributed by atoms with Gasteiger partial charge in [-0.3, -0.25) is 0 Å². The van der Waals surface area contributed by atoms with Crippen molar-refractivity contribution >= 4 is 0 Å². The van der Waals surface area contributed by atoms with Crippen molar-refractivity contribution in [1.82, 2.24) is 0 Å². The third-order valence-corrected chi connectivity index (χ3v) is 2.76. The highest BCUT2D eigenvalue weighted by Gasteiger charge is 2.37. The van der Waals surface area contributed by atoms with E-state index in [0.29, 0.717) is 19.6 Å². The molecule has 0 radical (unpaired) electrons. The van der Waals surface area contributed by atoms with Crippen molar-refractivity contribution in [2.24, 2.45) is 11.1 Å². The molecule has 0 rings (SSSR count). The van der Waals surface area contributed by atoms with E-state index in [9.17, 15) is 5.11 Å². The first-order chi connectivity index (χ1) is 5.37. The summed E-state index contributed by atoms with van der Waals surface area (Å²) >= 11 is 0. The van der Waals surface area contributed by atoms with Crippen molar-refractivity contribution in [2.45, 2.75) is 32.8 Å². The van der Waals surface area contributed by atoms with Crippen LogP contribution in [0.25, 0.3) is 0 Å². The van der Waals surface area contributed by atoms with E-state index in [1.54, 1.807) is 14.0 Å². The Bertz CT molecular complexity index is 132. The van der Waals surface area contributed by atoms with Gasteiger partial charge in [-0.2, -0.15) is 0 Å². The third-order valence-electron chi connectivity index (χ3n) is 2.76. The first-order valence-electron chi connectivity index (χ1n) is 4.29. The molecule has 3 nitrogen and oxygen atoms in total. The van der Waals surface area contributed by atoms with Crippen LogP contribution in [0, 0.1) is 5.41 Å². The fourth-order valence-electron chi connectivity index (χ4n) is 0.859. The predicted octanol–water partition coefficient (Wildman–Crippen LogP) is 0.759. The van der Waals surface area contributed by atoms with Crippen LogP contribution in [0.3, 0.4) is 0 Å². The molecule has 0 heterocycles. The fourth-order valence-corrected chi connectivity index (χ4v) is 0.859. The molecule has 0 bridgehead atoms. The SMILES string of the molecule is COCC[C@](C)(O)C(C)(C)CN. The first-order valence-corrected chi connectivity index (χ1v) is 4.29. The van der Waals surface area contributed by atoms with Gasteiger partial charge in [-0.25, -0.2) is 0 Å². The van der Waals surface area contributed by atoms with Crippen LogP contribution in [0.15, 0.2) is 0 Å². The lowest BCUT2D eigenvalue weighted by Crippen LogP contribution is -2.47. The Morgan fingerprint density at radius 1 is 1.33 bits per heavy atom. The molecule has 0 aromatic carbocycles. The number of hydrogen-bond donors (Lipinski definition) is 2. The molecule has 0 aromatic heterocycles. The predicted molar refractivity (Wildman–Crippen MR) is 50.0 cm³/mol. The second-order valence-corrected chi connectivity index (χ2v) is 4.10. The molecule has 0 spiro atoms. The highest BCUT2D eigenvalue weighted by Crippen LogP contribution is 2.32. The number of hydrogen-bond acceptors (Lipinski definition) is 3. The molecule has 0 fully saturated rings. The lowest BCUT2D eigenvalue weighted by Gasteiger charge is -2.39. The van der Waals surface area contributed by atoms with Crippen LogP contribution < -0.4 is 5.73 Å². The lowest BCUT2D eigenvalue weighted by molar-refractivity contribution is -0.0654. The van der Waals surface area contributed by atoms with E-state index in [1.165, 1.54) is 0 Å². The Morgan fingerprint density at radius 2 is 1.83 bits per heavy atom. The zero-order chi connectivity index (χ0) is 9.83. The molecule has 0 saturated heterocycles. The van der Waals surface area contributed by atoms with Gasteiger partial charge < -0.3 is 15.6 Å². The molecule has 74 valence electrons. The molecule has 0 aliphatic heterocycles. The van der Waals surface area contributed by atoms with E-state index in [0.717, 1.165) is 0 Å². The van der Waals surface area contributed by atoms with E-state index in [1.807, 2.05) is 13.8 Å². The smallest absolute Gasteiger partial charge is 0.0704 e. The number of rotatable bonds is 5. The standard InChI is InChI=1S/C9H21NO2/c1-8(2,7-10)9(3,11)5-6-12-4/h11H,5-7,10H2,1-4H3/t9-/m0/s1. The summed E-state index contributed by atoms with van der Waals surface area (Å²) in [6.45, 7) is 6.77. The maximum absolute atomic E-state index is 10.0. The maximum Gasteiger partial charge on any atom is 0.0704 e. The number of ether oxygens (including phenoxy) is 1. The monoisotopic (exact) mass is 175 g/mol. The summed E-state index contributed by atoms with van der Waals surface area (Å²) in [5, 5.41) is 10.0. The molecular formula is C9H21NO2. The average molecular weight is 175 g/mol. The Kier molecular flexibility index (Phi) is 4.17. The largest absolute Gasteiger partial charge is 0.389 e. The van der Waals surface area contributed by atoms with Crippen molar-refractivity contribution in [3.8, 4) is 0 Å². The van der Waals surface area contributed by atoms with E-state index in [4.69, 9.17) is 10.5 Å². The normalized spacial score (nSPS) is 17.5. The Labute approximate surface area is 74.9 Å². The Hall–Kier alpha value is -0.120. The molecule has 12 heavy (non-hydrogen) atoms. The zero-order valence-electron chi connectivity index (χ0n) is 8.55. The van der Waals surface area contributed by atoms with E-state index >= 15 is 0 Å². The van der Waals surface area contributed by atoms with Crippen molar-refractivity contribution < 1.29 is 9.84 Å². The van der Waals surface area contributed by atoms with Crippen LogP contribution in [-0.4, -0.2) is 31.0 Å². The molecule has 0 saturated carbocycles. The highest BCUT2D eigenvalue weighted by atomic mass is 16.5. The van der Waals surface area contributed by atoms with Crippen molar-refractivity contribution in [1.29, 1.82) is 0 Å². The van der Waals surface area contributed by atoms with Gasteiger partial charge in [0.2, 0.25) is 0 Å². The molecule has 1 atom stereocenters. The number of nitrogens with two attached hydrogens (primary N) is 1. The minimum atomic E-state index is -0.752. The summed E-state index contributed by atoms with van der Waals surface area (Å²) in [5.74, 6) is 0. The van der Waals surface area contributed by atoms with Gasteiger partial charge in [0.1, 0.15) is 0 Å². The van der Waals surface area contributed by atoms with Gasteiger partial charge in [-0.1, -0.05) is 13.8 Å². The zero-order valence-corrected chi connectivity index (χ0v) is 8.55. The summed E-state index contributed by atoms with van der Waals surface area (Å²) in [6, 6.07) is 0. The van der Waals surface area contributed by atoms with Crippen LogP contribution in [-0.2, 0) is 4.74 Å². The molecule has 3 N–H and O–H groups in total. The summed E-state index contributed by atoms with van der Waals surface area (Å²) in [4.78, 5) is 0. The van der Waals surface area contributed by atoms with Gasteiger partial charge in [0.25, 0.3) is 0 Å². The van der Waals surface area contributed by atoms with Gasteiger partial charge in [-0.15, -0.1) is 0 Å². The quantitative estimate of drug-likeness (QED) is 0.648. The molecule has 0 amide bonds. The van der Waals surface area contributed by atoms with Crippen LogP contribution in [0.1, 0.15) is 27.2 Å². The lowest BCUT2D eigenvalue weighted by atomic mass is 9.74. The van der Waals surface area contributed by atoms with Gasteiger partial charge in [0.05, 0.1) is 5.60 Å². The van der Waals surface area contributed by atoms with Gasteiger partial charge >= 0.3 is 0 Å². The average Bonchev–Trinajstić information content (AvgIpc) is 2.00. The molecule has 0 aromatic rings. The van der Waals surface area contributed by atoms with Crippen molar-refractivity contribution in [2.75, 3.05) is 20.3 Å². The summed E-state index contributed by atoms with van der Waals surface area (Å²) in [6.07, 6.45) is 0.619. The highest BCUT2D eigenvalue weighted by molar-refractivity contribution is 4.90. The number of aliphatic hydroxyl groups is 1. The molecule has 0 aliphatic carbocycles. The van der Waals surface area contributed by atoms with Crippen molar-refractivity contribution in [3.05, 3.63) is 0 Å². The van der Waals surface area contributed by atoms with Gasteiger partial charge in [0.15, 0.2) is 0 Å². The summed E-state index contributed by atoms with van der Waals surface area (Å²) in [7, 11) is 1.63. The molecular weight excluding hydrogens is 154 g/mol. The molecule has 0 aliphatic rings. The van der Waals surface area contributed by atoms with E-state index in [2.05, 4.69) is 0 Å². The summed E-state index contributed by atoms with van der Waals surface area (Å²) in [5.41, 5.74) is 4.55. The van der Waals surface area contributed by atoms with Gasteiger partial charge in [-0.05, 0) is 13.3 Å². The Morgan fingerprint density at radius 3 is 2.17 bits per heavy atom. The maximum atomic E-state index is 10.0. The van der Waals surface area contributed by atoms with Crippen LogP contribution in [0.4, 0.5) is 0 Å². The fraction of sp³-hybridized carbons (Fsp3) is 1.00. The van der Waals surface area contributed by atoms with Crippen LogP contribution in [0.2, 0.25) is 0 Å². The van der Waals surface area contributed by atoms with Crippen molar-refractivity contribution in [3.63, 3.8) is 0 Å². The second-order valence-electron chi connectivity index (χ2n) is 4.10. The van der Waals surface area contributed by atoms with Gasteiger partial charge in [0, 0.05) is 25.7 Å². The molecule has 0 unspecified atom stereocenters. The second kappa shape index (κ2) is 4.21. The number of methoxy groups -OCH3 is 1. The van der Waals surface area contributed by atoms with E-state index in [-0.39, 0.29) is 5.41 Å². The first kappa shape index (κ1) is 11.9. The third kappa shape index (κ3) is 2.73. The minimum absolute atomic E-state index is 0.258.